The Morgan fingerprint density at radius 2 is 1.80 bits per heavy atom. The van der Waals surface area contributed by atoms with Crippen LogP contribution in [0, 0.1) is 20.8 Å². The zero-order valence-corrected chi connectivity index (χ0v) is 13.0. The topological polar surface area (TPSA) is 25.2 Å². The Balaban J connectivity index is 2.19. The van der Waals surface area contributed by atoms with E-state index in [1.165, 1.54) is 22.3 Å². The van der Waals surface area contributed by atoms with Crippen molar-refractivity contribution in [2.24, 2.45) is 0 Å². The molecule has 0 bridgehead atoms. The van der Waals surface area contributed by atoms with Gasteiger partial charge < -0.3 is 9.67 Å². The van der Waals surface area contributed by atoms with E-state index in [0.717, 1.165) is 24.9 Å². The Hall–Kier alpha value is -1.54. The lowest BCUT2D eigenvalue weighted by atomic mass is 10.00. The van der Waals surface area contributed by atoms with Crippen molar-refractivity contribution in [3.05, 3.63) is 58.4 Å². The largest absolute Gasteiger partial charge is 0.388 e. The molecule has 0 aliphatic rings. The van der Waals surface area contributed by atoms with E-state index in [0.29, 0.717) is 0 Å². The Bertz CT molecular complexity index is 560. The van der Waals surface area contributed by atoms with Crippen molar-refractivity contribution < 1.29 is 5.11 Å². The summed E-state index contributed by atoms with van der Waals surface area (Å²) in [6.07, 6.45) is 5.63. The molecule has 0 fully saturated rings. The first-order chi connectivity index (χ1) is 9.51. The van der Waals surface area contributed by atoms with Crippen LogP contribution in [0.3, 0.4) is 0 Å². The van der Waals surface area contributed by atoms with Gasteiger partial charge in [0.05, 0.1) is 6.10 Å². The third-order valence-electron chi connectivity index (χ3n) is 3.90. The molecule has 1 aromatic heterocycles. The molecule has 2 heteroatoms. The van der Waals surface area contributed by atoms with Crippen LogP contribution in [0.4, 0.5) is 0 Å². The maximum Gasteiger partial charge on any atom is 0.0804 e. The van der Waals surface area contributed by atoms with Gasteiger partial charge in [0, 0.05) is 18.9 Å². The summed E-state index contributed by atoms with van der Waals surface area (Å²) >= 11 is 0. The number of aromatic nitrogens is 1. The lowest BCUT2D eigenvalue weighted by Gasteiger charge is -2.12. The summed E-state index contributed by atoms with van der Waals surface area (Å²) in [4.78, 5) is 0. The molecule has 108 valence electrons. The summed E-state index contributed by atoms with van der Waals surface area (Å²) in [6.45, 7) is 9.45. The highest BCUT2D eigenvalue weighted by atomic mass is 16.3. The second kappa shape index (κ2) is 6.27. The maximum absolute atomic E-state index is 10.0. The molecule has 0 radical (unpaired) electrons. The smallest absolute Gasteiger partial charge is 0.0804 e. The molecular formula is C18H25NO. The van der Waals surface area contributed by atoms with Gasteiger partial charge in [0.2, 0.25) is 0 Å². The number of aliphatic hydroxyl groups excluding tert-OH is 1. The van der Waals surface area contributed by atoms with Gasteiger partial charge in [-0.25, -0.2) is 0 Å². The molecule has 1 unspecified atom stereocenters. The molecule has 1 atom stereocenters. The third kappa shape index (κ3) is 3.31. The summed E-state index contributed by atoms with van der Waals surface area (Å²) in [5.41, 5.74) is 6.39. The van der Waals surface area contributed by atoms with Crippen LogP contribution < -0.4 is 0 Å². The third-order valence-corrected chi connectivity index (χ3v) is 3.90. The number of aryl methyl sites for hydroxylation is 3. The van der Waals surface area contributed by atoms with Crippen molar-refractivity contribution in [1.82, 2.24) is 4.57 Å². The Morgan fingerprint density at radius 1 is 1.15 bits per heavy atom. The Kier molecular flexibility index (Phi) is 4.66. The van der Waals surface area contributed by atoms with Crippen molar-refractivity contribution in [2.45, 2.75) is 53.2 Å². The highest BCUT2D eigenvalue weighted by Crippen LogP contribution is 2.21. The van der Waals surface area contributed by atoms with Gasteiger partial charge in [-0.1, -0.05) is 31.0 Å². The highest BCUT2D eigenvalue weighted by Gasteiger charge is 2.09. The van der Waals surface area contributed by atoms with E-state index >= 15 is 0 Å². The molecule has 1 N–H and O–H groups in total. The van der Waals surface area contributed by atoms with E-state index in [-0.39, 0.29) is 6.10 Å². The van der Waals surface area contributed by atoms with E-state index in [1.54, 1.807) is 0 Å². The fourth-order valence-electron chi connectivity index (χ4n) is 2.84. The molecule has 0 saturated heterocycles. The van der Waals surface area contributed by atoms with E-state index in [2.05, 4.69) is 56.8 Å². The van der Waals surface area contributed by atoms with Gasteiger partial charge in [0.1, 0.15) is 0 Å². The quantitative estimate of drug-likeness (QED) is 0.862. The van der Waals surface area contributed by atoms with Gasteiger partial charge in [-0.3, -0.25) is 0 Å². The normalized spacial score (nSPS) is 12.7. The molecule has 0 aliphatic carbocycles. The van der Waals surface area contributed by atoms with Crippen LogP contribution in [-0.2, 0) is 6.54 Å². The van der Waals surface area contributed by atoms with Gasteiger partial charge in [-0.15, -0.1) is 0 Å². The summed E-state index contributed by atoms with van der Waals surface area (Å²) in [7, 11) is 0. The number of aliphatic hydroxyl groups is 1. The zero-order valence-electron chi connectivity index (χ0n) is 13.0. The SMILES string of the molecule is CCCC(O)c1ccn(Cc2c(C)cc(C)cc2C)c1. The number of rotatable bonds is 5. The van der Waals surface area contributed by atoms with Crippen LogP contribution in [0.2, 0.25) is 0 Å². The molecule has 1 aromatic carbocycles. The van der Waals surface area contributed by atoms with Gasteiger partial charge in [0.25, 0.3) is 0 Å². The Morgan fingerprint density at radius 3 is 2.40 bits per heavy atom. The van der Waals surface area contributed by atoms with Crippen molar-refractivity contribution in [3.63, 3.8) is 0 Å². The monoisotopic (exact) mass is 271 g/mol. The molecule has 0 amide bonds. The maximum atomic E-state index is 10.0. The molecule has 20 heavy (non-hydrogen) atoms. The van der Waals surface area contributed by atoms with Gasteiger partial charge in [-0.2, -0.15) is 0 Å². The summed E-state index contributed by atoms with van der Waals surface area (Å²) in [6, 6.07) is 6.50. The molecule has 2 nitrogen and oxygen atoms in total. The number of nitrogens with zero attached hydrogens (tertiary/aromatic N) is 1. The molecule has 0 aliphatic heterocycles. The first kappa shape index (κ1) is 14.9. The fraction of sp³-hybridized carbons (Fsp3) is 0.444. The standard InChI is InChI=1S/C18H25NO/c1-5-6-18(20)16-7-8-19(11-16)12-17-14(3)9-13(2)10-15(17)4/h7-11,18,20H,5-6,12H2,1-4H3. The van der Waals surface area contributed by atoms with Crippen molar-refractivity contribution >= 4 is 0 Å². The predicted molar refractivity (Wildman–Crippen MR) is 84.1 cm³/mol. The summed E-state index contributed by atoms with van der Waals surface area (Å²) < 4.78 is 2.17. The van der Waals surface area contributed by atoms with E-state index in [1.807, 2.05) is 6.07 Å². The van der Waals surface area contributed by atoms with E-state index < -0.39 is 0 Å². The molecular weight excluding hydrogens is 246 g/mol. The first-order valence-electron chi connectivity index (χ1n) is 7.41. The van der Waals surface area contributed by atoms with Crippen LogP contribution in [0.5, 0.6) is 0 Å². The summed E-state index contributed by atoms with van der Waals surface area (Å²) in [5.74, 6) is 0. The number of hydrogen-bond acceptors (Lipinski definition) is 1. The minimum Gasteiger partial charge on any atom is -0.388 e. The van der Waals surface area contributed by atoms with Crippen molar-refractivity contribution in [1.29, 1.82) is 0 Å². The molecule has 0 saturated carbocycles. The minimum absolute atomic E-state index is 0.332. The lowest BCUT2D eigenvalue weighted by Crippen LogP contribution is -2.02. The van der Waals surface area contributed by atoms with Crippen molar-refractivity contribution in [2.75, 3.05) is 0 Å². The average Bonchev–Trinajstić information content (AvgIpc) is 2.82. The van der Waals surface area contributed by atoms with Crippen molar-refractivity contribution in [3.8, 4) is 0 Å². The van der Waals surface area contributed by atoms with E-state index in [9.17, 15) is 5.11 Å². The molecule has 0 spiro atoms. The van der Waals surface area contributed by atoms with Crippen LogP contribution in [0.15, 0.2) is 30.6 Å². The van der Waals surface area contributed by atoms with Crippen LogP contribution in [0.25, 0.3) is 0 Å². The molecule has 2 rings (SSSR count). The molecule has 1 heterocycles. The molecule has 2 aromatic rings. The average molecular weight is 271 g/mol. The lowest BCUT2D eigenvalue weighted by molar-refractivity contribution is 0.166. The highest BCUT2D eigenvalue weighted by molar-refractivity contribution is 5.37. The predicted octanol–water partition coefficient (Wildman–Crippen LogP) is 4.30. The second-order valence-corrected chi connectivity index (χ2v) is 5.80. The first-order valence-corrected chi connectivity index (χ1v) is 7.41. The fourth-order valence-corrected chi connectivity index (χ4v) is 2.84. The number of hydrogen-bond donors (Lipinski definition) is 1. The minimum atomic E-state index is -0.332. The van der Waals surface area contributed by atoms with Gasteiger partial charge in [-0.05, 0) is 55.5 Å². The van der Waals surface area contributed by atoms with E-state index in [4.69, 9.17) is 0 Å². The second-order valence-electron chi connectivity index (χ2n) is 5.80. The van der Waals surface area contributed by atoms with Crippen LogP contribution in [-0.4, -0.2) is 9.67 Å². The van der Waals surface area contributed by atoms with Gasteiger partial charge >= 0.3 is 0 Å². The van der Waals surface area contributed by atoms with Crippen LogP contribution in [0.1, 0.15) is 53.7 Å². The Labute approximate surface area is 122 Å². The number of benzene rings is 1. The zero-order chi connectivity index (χ0) is 14.7. The summed E-state index contributed by atoms with van der Waals surface area (Å²) in [5, 5.41) is 10.0. The van der Waals surface area contributed by atoms with Gasteiger partial charge in [0.15, 0.2) is 0 Å². The van der Waals surface area contributed by atoms with Crippen LogP contribution >= 0.6 is 0 Å².